The summed E-state index contributed by atoms with van der Waals surface area (Å²) in [4.78, 5) is 0. The maximum atomic E-state index is 13.1. The number of aromatic nitrogens is 2. The second-order valence-corrected chi connectivity index (χ2v) is 4.82. The Kier molecular flexibility index (Phi) is 3.77. The molecule has 2 N–H and O–H groups in total. The van der Waals surface area contributed by atoms with Crippen molar-refractivity contribution in [2.24, 2.45) is 5.73 Å². The van der Waals surface area contributed by atoms with Crippen molar-refractivity contribution < 1.29 is 8.78 Å². The van der Waals surface area contributed by atoms with E-state index in [1.165, 1.54) is 10.9 Å². The number of rotatable bonds is 3. The Labute approximate surface area is 112 Å². The second-order valence-electron chi connectivity index (χ2n) is 3.90. The number of nitrogens with zero attached hydrogens (tertiary/aromatic N) is 2. The van der Waals surface area contributed by atoms with Crippen molar-refractivity contribution >= 4 is 15.9 Å². The molecule has 0 aliphatic carbocycles. The maximum Gasteiger partial charge on any atom is 0.280 e. The lowest BCUT2D eigenvalue weighted by atomic mass is 10.2. The smallest absolute Gasteiger partial charge is 0.280 e. The standard InChI is InChI=1S/C12H12BrF2N3/c1-7-4-9(13)2-3-10(7)18-11(12(14)15)8(5-16)6-17-18/h2-4,6,12H,5,16H2,1H3. The van der Waals surface area contributed by atoms with Crippen LogP contribution in [-0.4, -0.2) is 9.78 Å². The first kappa shape index (κ1) is 13.2. The first-order valence-electron chi connectivity index (χ1n) is 5.36. The summed E-state index contributed by atoms with van der Waals surface area (Å²) in [6, 6.07) is 5.40. The van der Waals surface area contributed by atoms with Crippen LogP contribution in [-0.2, 0) is 6.54 Å². The van der Waals surface area contributed by atoms with E-state index in [0.717, 1.165) is 10.0 Å². The minimum atomic E-state index is -2.60. The summed E-state index contributed by atoms with van der Waals surface area (Å²) in [5, 5.41) is 4.01. The predicted molar refractivity (Wildman–Crippen MR) is 68.8 cm³/mol. The molecule has 0 saturated heterocycles. The fourth-order valence-corrected chi connectivity index (χ4v) is 2.31. The third kappa shape index (κ3) is 2.30. The highest BCUT2D eigenvalue weighted by Crippen LogP contribution is 2.27. The van der Waals surface area contributed by atoms with Crippen LogP contribution in [0.2, 0.25) is 0 Å². The van der Waals surface area contributed by atoms with Gasteiger partial charge in [0.05, 0.1) is 11.9 Å². The van der Waals surface area contributed by atoms with Gasteiger partial charge >= 0.3 is 0 Å². The highest BCUT2D eigenvalue weighted by atomic mass is 79.9. The molecule has 6 heteroatoms. The Morgan fingerprint density at radius 3 is 2.72 bits per heavy atom. The summed E-state index contributed by atoms with van der Waals surface area (Å²) >= 11 is 3.34. The minimum absolute atomic E-state index is 0.0508. The highest BCUT2D eigenvalue weighted by Gasteiger charge is 2.20. The van der Waals surface area contributed by atoms with Crippen molar-refractivity contribution in [3.63, 3.8) is 0 Å². The molecule has 2 rings (SSSR count). The summed E-state index contributed by atoms with van der Waals surface area (Å²) in [6.45, 7) is 1.90. The first-order valence-corrected chi connectivity index (χ1v) is 6.15. The van der Waals surface area contributed by atoms with Crippen LogP contribution >= 0.6 is 15.9 Å². The van der Waals surface area contributed by atoms with Crippen LogP contribution in [0.25, 0.3) is 5.69 Å². The topological polar surface area (TPSA) is 43.8 Å². The van der Waals surface area contributed by atoms with E-state index < -0.39 is 6.43 Å². The van der Waals surface area contributed by atoms with Crippen LogP contribution in [0.3, 0.4) is 0 Å². The molecule has 0 saturated carbocycles. The molecule has 1 aromatic heterocycles. The van der Waals surface area contributed by atoms with Gasteiger partial charge in [-0.05, 0) is 30.7 Å². The quantitative estimate of drug-likeness (QED) is 0.944. The van der Waals surface area contributed by atoms with Crippen molar-refractivity contribution in [1.82, 2.24) is 9.78 Å². The number of hydrogen-bond acceptors (Lipinski definition) is 2. The summed E-state index contributed by atoms with van der Waals surface area (Å²) in [5.41, 5.74) is 7.17. The van der Waals surface area contributed by atoms with E-state index >= 15 is 0 Å². The zero-order chi connectivity index (χ0) is 13.3. The fraction of sp³-hybridized carbons (Fsp3) is 0.250. The van der Waals surface area contributed by atoms with Crippen molar-refractivity contribution in [1.29, 1.82) is 0 Å². The van der Waals surface area contributed by atoms with Crippen molar-refractivity contribution in [2.75, 3.05) is 0 Å². The molecule has 3 nitrogen and oxygen atoms in total. The van der Waals surface area contributed by atoms with Crippen LogP contribution in [0.5, 0.6) is 0 Å². The second kappa shape index (κ2) is 5.16. The summed E-state index contributed by atoms with van der Waals surface area (Å²) in [5.74, 6) is 0. The van der Waals surface area contributed by atoms with Gasteiger partial charge in [0.15, 0.2) is 0 Å². The largest absolute Gasteiger partial charge is 0.326 e. The molecule has 0 spiro atoms. The van der Waals surface area contributed by atoms with E-state index in [1.54, 1.807) is 12.1 Å². The van der Waals surface area contributed by atoms with E-state index in [1.807, 2.05) is 13.0 Å². The third-order valence-corrected chi connectivity index (χ3v) is 3.19. The Morgan fingerprint density at radius 2 is 2.17 bits per heavy atom. The van der Waals surface area contributed by atoms with Crippen LogP contribution in [0, 0.1) is 6.92 Å². The highest BCUT2D eigenvalue weighted by molar-refractivity contribution is 9.10. The van der Waals surface area contributed by atoms with Gasteiger partial charge in [0.1, 0.15) is 5.69 Å². The van der Waals surface area contributed by atoms with E-state index in [4.69, 9.17) is 5.73 Å². The molecule has 1 heterocycles. The number of alkyl halides is 2. The molecule has 0 unspecified atom stereocenters. The van der Waals surface area contributed by atoms with Crippen LogP contribution in [0.4, 0.5) is 8.78 Å². The zero-order valence-electron chi connectivity index (χ0n) is 9.70. The number of hydrogen-bond donors (Lipinski definition) is 1. The molecule has 18 heavy (non-hydrogen) atoms. The molecule has 0 radical (unpaired) electrons. The van der Waals surface area contributed by atoms with Gasteiger partial charge in [-0.1, -0.05) is 15.9 Å². The zero-order valence-corrected chi connectivity index (χ0v) is 11.3. The predicted octanol–water partition coefficient (Wildman–Crippen LogP) is 3.34. The molecule has 0 fully saturated rings. The lowest BCUT2D eigenvalue weighted by molar-refractivity contribution is 0.141. The lowest BCUT2D eigenvalue weighted by Crippen LogP contribution is -2.07. The third-order valence-electron chi connectivity index (χ3n) is 2.70. The fourth-order valence-electron chi connectivity index (χ4n) is 1.83. The number of nitrogens with two attached hydrogens (primary N) is 1. The van der Waals surface area contributed by atoms with E-state index in [0.29, 0.717) is 11.3 Å². The average molecular weight is 316 g/mol. The van der Waals surface area contributed by atoms with Gasteiger partial charge in [0.25, 0.3) is 6.43 Å². The number of halogens is 3. The van der Waals surface area contributed by atoms with E-state index in [2.05, 4.69) is 21.0 Å². The van der Waals surface area contributed by atoms with Crippen molar-refractivity contribution in [2.45, 2.75) is 19.9 Å². The molecule has 0 bridgehead atoms. The van der Waals surface area contributed by atoms with Crippen molar-refractivity contribution in [3.05, 3.63) is 45.7 Å². The molecular weight excluding hydrogens is 304 g/mol. The van der Waals surface area contributed by atoms with Crippen LogP contribution in [0.15, 0.2) is 28.9 Å². The number of benzene rings is 1. The van der Waals surface area contributed by atoms with Gasteiger partial charge in [-0.15, -0.1) is 0 Å². The molecule has 1 aromatic carbocycles. The molecule has 0 aliphatic rings. The van der Waals surface area contributed by atoms with Crippen LogP contribution < -0.4 is 5.73 Å². The average Bonchev–Trinajstić information content (AvgIpc) is 2.72. The Morgan fingerprint density at radius 1 is 1.44 bits per heavy atom. The SMILES string of the molecule is Cc1cc(Br)ccc1-n1ncc(CN)c1C(F)F. The van der Waals surface area contributed by atoms with Crippen LogP contribution in [0.1, 0.15) is 23.2 Å². The summed E-state index contributed by atoms with van der Waals surface area (Å²) < 4.78 is 28.3. The van der Waals surface area contributed by atoms with Gasteiger partial charge in [-0.2, -0.15) is 5.10 Å². The van der Waals surface area contributed by atoms with Crippen molar-refractivity contribution in [3.8, 4) is 5.69 Å². The summed E-state index contributed by atoms with van der Waals surface area (Å²) in [7, 11) is 0. The summed E-state index contributed by atoms with van der Waals surface area (Å²) in [6.07, 6.45) is -1.21. The Balaban J connectivity index is 2.60. The molecule has 96 valence electrons. The van der Waals surface area contributed by atoms with E-state index in [-0.39, 0.29) is 12.2 Å². The van der Waals surface area contributed by atoms with E-state index in [9.17, 15) is 8.78 Å². The van der Waals surface area contributed by atoms with Gasteiger partial charge in [-0.25, -0.2) is 13.5 Å². The van der Waals surface area contributed by atoms with Gasteiger partial charge in [-0.3, -0.25) is 0 Å². The minimum Gasteiger partial charge on any atom is -0.326 e. The molecule has 2 aromatic rings. The molecule has 0 atom stereocenters. The Bertz CT molecular complexity index is 566. The molecule has 0 amide bonds. The van der Waals surface area contributed by atoms with Gasteiger partial charge in [0.2, 0.25) is 0 Å². The molecular formula is C12H12BrF2N3. The molecule has 0 aliphatic heterocycles. The first-order chi connectivity index (χ1) is 8.54. The maximum absolute atomic E-state index is 13.1. The Hall–Kier alpha value is -1.27. The van der Waals surface area contributed by atoms with Gasteiger partial charge < -0.3 is 5.73 Å². The normalized spacial score (nSPS) is 11.2. The lowest BCUT2D eigenvalue weighted by Gasteiger charge is -2.11. The van der Waals surface area contributed by atoms with Gasteiger partial charge in [0, 0.05) is 16.6 Å². The number of aryl methyl sites for hydroxylation is 1. The monoisotopic (exact) mass is 315 g/mol.